The van der Waals surface area contributed by atoms with Gasteiger partial charge in [-0.1, -0.05) is 0 Å². The molecule has 2 unspecified atom stereocenters. The molecule has 0 bridgehead atoms. The van der Waals surface area contributed by atoms with Crippen molar-refractivity contribution in [1.82, 2.24) is 15.1 Å². The summed E-state index contributed by atoms with van der Waals surface area (Å²) in [5.74, 6) is 1.12. The van der Waals surface area contributed by atoms with E-state index in [1.807, 2.05) is 24.3 Å². The smallest absolute Gasteiger partial charge is 0.321 e. The average Bonchev–Trinajstić information content (AvgIpc) is 3.02. The summed E-state index contributed by atoms with van der Waals surface area (Å²) in [6.07, 6.45) is 1.48. The second-order valence-corrected chi connectivity index (χ2v) is 6.22. The van der Waals surface area contributed by atoms with E-state index < -0.39 is 6.10 Å². The van der Waals surface area contributed by atoms with Crippen molar-refractivity contribution >= 4 is 11.7 Å². The average molecular weight is 330 g/mol. The van der Waals surface area contributed by atoms with Crippen molar-refractivity contribution < 1.29 is 14.3 Å². The SMILES string of the molecule is Cc1nnc(-c2ccc(NC(=O)N3CCCC(C(C)O)C3)cc2)o1. The van der Waals surface area contributed by atoms with Crippen LogP contribution in [0.15, 0.2) is 28.7 Å². The first kappa shape index (κ1) is 16.4. The van der Waals surface area contributed by atoms with Gasteiger partial charge in [0.25, 0.3) is 0 Å². The molecule has 0 spiro atoms. The summed E-state index contributed by atoms with van der Waals surface area (Å²) >= 11 is 0. The highest BCUT2D eigenvalue weighted by atomic mass is 16.4. The standard InChI is InChI=1S/C17H22N4O3/c1-11(22)14-4-3-9-21(10-14)17(23)18-15-7-5-13(6-8-15)16-20-19-12(2)24-16/h5-8,11,14,22H,3-4,9-10H2,1-2H3,(H,18,23). The van der Waals surface area contributed by atoms with Gasteiger partial charge in [-0.25, -0.2) is 4.79 Å². The lowest BCUT2D eigenvalue weighted by molar-refractivity contribution is 0.0766. The van der Waals surface area contributed by atoms with Crippen molar-refractivity contribution in [3.63, 3.8) is 0 Å². The largest absolute Gasteiger partial charge is 0.421 e. The number of benzene rings is 1. The van der Waals surface area contributed by atoms with E-state index in [1.165, 1.54) is 0 Å². The van der Waals surface area contributed by atoms with Crippen LogP contribution in [0.25, 0.3) is 11.5 Å². The van der Waals surface area contributed by atoms with Crippen LogP contribution in [0.1, 0.15) is 25.7 Å². The van der Waals surface area contributed by atoms with Gasteiger partial charge in [-0.3, -0.25) is 0 Å². The number of aromatic nitrogens is 2. The van der Waals surface area contributed by atoms with Gasteiger partial charge < -0.3 is 19.7 Å². The zero-order chi connectivity index (χ0) is 17.1. The van der Waals surface area contributed by atoms with Crippen molar-refractivity contribution in [2.75, 3.05) is 18.4 Å². The molecule has 1 aliphatic rings. The van der Waals surface area contributed by atoms with Crippen LogP contribution in [0.5, 0.6) is 0 Å². The summed E-state index contributed by atoms with van der Waals surface area (Å²) in [5.41, 5.74) is 1.51. The molecule has 1 saturated heterocycles. The number of likely N-dealkylation sites (tertiary alicyclic amines) is 1. The first-order chi connectivity index (χ1) is 11.5. The molecule has 0 radical (unpaired) electrons. The maximum absolute atomic E-state index is 12.4. The second-order valence-electron chi connectivity index (χ2n) is 6.22. The Morgan fingerprint density at radius 1 is 1.38 bits per heavy atom. The Morgan fingerprint density at radius 3 is 2.75 bits per heavy atom. The van der Waals surface area contributed by atoms with Crippen LogP contribution in [-0.2, 0) is 0 Å². The molecule has 2 heterocycles. The molecule has 24 heavy (non-hydrogen) atoms. The van der Waals surface area contributed by atoms with Gasteiger partial charge in [-0.15, -0.1) is 10.2 Å². The summed E-state index contributed by atoms with van der Waals surface area (Å²) in [7, 11) is 0. The second kappa shape index (κ2) is 7.00. The number of aliphatic hydroxyl groups is 1. The number of carbonyl (C=O) groups excluding carboxylic acids is 1. The molecule has 0 aliphatic carbocycles. The Kier molecular flexibility index (Phi) is 4.80. The highest BCUT2D eigenvalue weighted by Gasteiger charge is 2.26. The lowest BCUT2D eigenvalue weighted by Gasteiger charge is -2.34. The molecule has 1 aliphatic heterocycles. The number of aliphatic hydroxyl groups excluding tert-OH is 1. The Labute approximate surface area is 140 Å². The number of hydrogen-bond acceptors (Lipinski definition) is 5. The molecular formula is C17H22N4O3. The lowest BCUT2D eigenvalue weighted by Crippen LogP contribution is -2.44. The summed E-state index contributed by atoms with van der Waals surface area (Å²) in [6, 6.07) is 7.14. The van der Waals surface area contributed by atoms with Crippen molar-refractivity contribution in [2.24, 2.45) is 5.92 Å². The molecule has 2 atom stereocenters. The maximum atomic E-state index is 12.4. The highest BCUT2D eigenvalue weighted by Crippen LogP contribution is 2.22. The molecule has 0 saturated carbocycles. The number of hydrogen-bond donors (Lipinski definition) is 2. The highest BCUT2D eigenvalue weighted by molar-refractivity contribution is 5.89. The quantitative estimate of drug-likeness (QED) is 0.903. The van der Waals surface area contributed by atoms with Crippen molar-refractivity contribution in [3.05, 3.63) is 30.2 Å². The third-order valence-corrected chi connectivity index (χ3v) is 4.34. The normalized spacial score (nSPS) is 19.1. The van der Waals surface area contributed by atoms with Gasteiger partial charge in [-0.2, -0.15) is 0 Å². The first-order valence-corrected chi connectivity index (χ1v) is 8.17. The number of rotatable bonds is 3. The minimum atomic E-state index is -0.391. The van der Waals surface area contributed by atoms with Crippen LogP contribution in [0.2, 0.25) is 0 Å². The van der Waals surface area contributed by atoms with E-state index in [9.17, 15) is 9.90 Å². The van der Waals surface area contributed by atoms with E-state index in [2.05, 4.69) is 15.5 Å². The summed E-state index contributed by atoms with van der Waals surface area (Å²) < 4.78 is 5.38. The number of piperidine rings is 1. The van der Waals surface area contributed by atoms with E-state index in [0.29, 0.717) is 30.6 Å². The zero-order valence-corrected chi connectivity index (χ0v) is 13.9. The summed E-state index contributed by atoms with van der Waals surface area (Å²) in [5, 5.41) is 20.4. The maximum Gasteiger partial charge on any atom is 0.321 e. The van der Waals surface area contributed by atoms with Gasteiger partial charge in [0.1, 0.15) is 0 Å². The predicted octanol–water partition coefficient (Wildman–Crippen LogP) is 2.67. The molecule has 2 N–H and O–H groups in total. The van der Waals surface area contributed by atoms with Crippen LogP contribution >= 0.6 is 0 Å². The fourth-order valence-corrected chi connectivity index (χ4v) is 2.90. The van der Waals surface area contributed by atoms with Crippen LogP contribution in [-0.4, -0.2) is 45.4 Å². The van der Waals surface area contributed by atoms with Gasteiger partial charge in [0.2, 0.25) is 11.8 Å². The molecule has 2 amide bonds. The Bertz CT molecular complexity index is 696. The van der Waals surface area contributed by atoms with E-state index in [-0.39, 0.29) is 11.9 Å². The molecule has 7 nitrogen and oxygen atoms in total. The molecular weight excluding hydrogens is 308 g/mol. The minimum Gasteiger partial charge on any atom is -0.421 e. The topological polar surface area (TPSA) is 91.5 Å². The molecule has 1 fully saturated rings. The van der Waals surface area contributed by atoms with Crippen LogP contribution < -0.4 is 5.32 Å². The van der Waals surface area contributed by atoms with E-state index in [1.54, 1.807) is 18.7 Å². The van der Waals surface area contributed by atoms with E-state index >= 15 is 0 Å². The Balaban J connectivity index is 1.62. The number of nitrogens with one attached hydrogen (secondary N) is 1. The van der Waals surface area contributed by atoms with Gasteiger partial charge in [0, 0.05) is 37.2 Å². The summed E-state index contributed by atoms with van der Waals surface area (Å²) in [6.45, 7) is 4.82. The van der Waals surface area contributed by atoms with E-state index in [0.717, 1.165) is 18.4 Å². The molecule has 7 heteroatoms. The van der Waals surface area contributed by atoms with Gasteiger partial charge in [0.15, 0.2) is 0 Å². The zero-order valence-electron chi connectivity index (χ0n) is 13.9. The van der Waals surface area contributed by atoms with Crippen LogP contribution in [0, 0.1) is 12.8 Å². The first-order valence-electron chi connectivity index (χ1n) is 8.17. The van der Waals surface area contributed by atoms with Gasteiger partial charge in [-0.05, 0) is 44.0 Å². The van der Waals surface area contributed by atoms with E-state index in [4.69, 9.17) is 4.42 Å². The van der Waals surface area contributed by atoms with Gasteiger partial charge in [0.05, 0.1) is 6.10 Å². The van der Waals surface area contributed by atoms with Crippen molar-refractivity contribution in [1.29, 1.82) is 0 Å². The molecule has 128 valence electrons. The number of aryl methyl sites for hydroxylation is 1. The number of amides is 2. The number of nitrogens with zero attached hydrogens (tertiary/aromatic N) is 3. The van der Waals surface area contributed by atoms with Crippen molar-refractivity contribution in [2.45, 2.75) is 32.8 Å². The predicted molar refractivity (Wildman–Crippen MR) is 89.5 cm³/mol. The lowest BCUT2D eigenvalue weighted by atomic mass is 9.94. The number of anilines is 1. The number of urea groups is 1. The number of carbonyl (C=O) groups is 1. The third-order valence-electron chi connectivity index (χ3n) is 4.34. The Morgan fingerprint density at radius 2 is 2.12 bits per heavy atom. The van der Waals surface area contributed by atoms with Crippen LogP contribution in [0.3, 0.4) is 0 Å². The third kappa shape index (κ3) is 3.73. The minimum absolute atomic E-state index is 0.137. The van der Waals surface area contributed by atoms with Crippen LogP contribution in [0.4, 0.5) is 10.5 Å². The van der Waals surface area contributed by atoms with Crippen molar-refractivity contribution in [3.8, 4) is 11.5 Å². The molecule has 1 aromatic heterocycles. The molecule has 1 aromatic carbocycles. The fraction of sp³-hybridized carbons (Fsp3) is 0.471. The monoisotopic (exact) mass is 330 g/mol. The molecule has 3 rings (SSSR count). The summed E-state index contributed by atoms with van der Waals surface area (Å²) in [4.78, 5) is 14.1. The Hall–Kier alpha value is -2.41. The fourth-order valence-electron chi connectivity index (χ4n) is 2.90. The molecule has 2 aromatic rings. The van der Waals surface area contributed by atoms with Gasteiger partial charge >= 0.3 is 6.03 Å².